The van der Waals surface area contributed by atoms with Gasteiger partial charge in [0, 0.05) is 60.4 Å². The number of ether oxygens (including phenoxy) is 1. The van der Waals surface area contributed by atoms with Gasteiger partial charge in [-0.1, -0.05) is 0 Å². The van der Waals surface area contributed by atoms with Gasteiger partial charge in [-0.05, 0) is 19.9 Å². The van der Waals surface area contributed by atoms with Crippen molar-refractivity contribution in [3.63, 3.8) is 0 Å². The van der Waals surface area contributed by atoms with E-state index in [9.17, 15) is 4.79 Å². The Morgan fingerprint density at radius 1 is 1.17 bits per heavy atom. The Hall–Kier alpha value is -4.30. The number of carbonyl (C=O) groups excluding carboxylic acids is 1. The number of nitriles is 1. The molecule has 0 radical (unpaired) electrons. The molecule has 0 aromatic carbocycles. The normalized spacial score (nSPS) is 13.8. The summed E-state index contributed by atoms with van der Waals surface area (Å²) in [6.45, 7) is 6.70. The molecule has 1 aliphatic rings. The third kappa shape index (κ3) is 4.69. The average Bonchev–Trinajstić information content (AvgIpc) is 3.50. The number of imidazole rings is 1. The number of amides is 1. The summed E-state index contributed by atoms with van der Waals surface area (Å²) in [4.78, 5) is 28.0. The van der Waals surface area contributed by atoms with E-state index in [1.165, 1.54) is 6.20 Å². The first kappa shape index (κ1) is 22.5. The number of rotatable bonds is 6. The van der Waals surface area contributed by atoms with E-state index in [0.29, 0.717) is 49.0 Å². The molecule has 178 valence electrons. The van der Waals surface area contributed by atoms with Gasteiger partial charge in [0.1, 0.15) is 12.6 Å². The molecule has 1 saturated heterocycles. The predicted octanol–water partition coefficient (Wildman–Crippen LogP) is 2.23. The Morgan fingerprint density at radius 3 is 2.77 bits per heavy atom. The highest BCUT2D eigenvalue weighted by Crippen LogP contribution is 2.29. The van der Waals surface area contributed by atoms with Crippen molar-refractivity contribution in [2.75, 3.05) is 31.6 Å². The SMILES string of the molecule is CC(C)Nc1cc(-n2ncc3cc(C#N)cnc32)ncc1-c1cn(CC(=O)N2CCOCC2)cn1. The van der Waals surface area contributed by atoms with Gasteiger partial charge in [0.05, 0.1) is 37.0 Å². The smallest absolute Gasteiger partial charge is 0.242 e. The minimum absolute atomic E-state index is 0.0452. The first-order chi connectivity index (χ1) is 17.0. The van der Waals surface area contributed by atoms with E-state index in [4.69, 9.17) is 10.00 Å². The van der Waals surface area contributed by atoms with Crippen LogP contribution < -0.4 is 5.32 Å². The van der Waals surface area contributed by atoms with Crippen LogP contribution in [0.4, 0.5) is 5.69 Å². The molecule has 5 heterocycles. The van der Waals surface area contributed by atoms with Crippen molar-refractivity contribution in [3.8, 4) is 23.1 Å². The second-order valence-electron chi connectivity index (χ2n) is 8.62. The molecular weight excluding hydrogens is 446 g/mol. The lowest BCUT2D eigenvalue weighted by Crippen LogP contribution is -2.42. The van der Waals surface area contributed by atoms with Gasteiger partial charge in [-0.3, -0.25) is 4.79 Å². The second-order valence-corrected chi connectivity index (χ2v) is 8.62. The number of anilines is 1. The average molecular weight is 472 g/mol. The van der Waals surface area contributed by atoms with E-state index >= 15 is 0 Å². The molecule has 0 saturated carbocycles. The molecule has 11 heteroatoms. The molecule has 1 fully saturated rings. The number of nitrogens with one attached hydrogen (secondary N) is 1. The topological polar surface area (TPSA) is 127 Å². The Morgan fingerprint density at radius 2 is 2.00 bits per heavy atom. The van der Waals surface area contributed by atoms with Gasteiger partial charge in [-0.15, -0.1) is 0 Å². The van der Waals surface area contributed by atoms with Crippen LogP contribution in [-0.2, 0) is 16.1 Å². The van der Waals surface area contributed by atoms with Gasteiger partial charge in [-0.2, -0.15) is 15.0 Å². The maximum atomic E-state index is 12.6. The van der Waals surface area contributed by atoms with Crippen molar-refractivity contribution in [1.82, 2.24) is 34.2 Å². The molecule has 4 aromatic rings. The zero-order chi connectivity index (χ0) is 24.4. The lowest BCUT2D eigenvalue weighted by atomic mass is 10.1. The summed E-state index contributed by atoms with van der Waals surface area (Å²) in [5, 5.41) is 17.8. The molecule has 5 rings (SSSR count). The maximum absolute atomic E-state index is 12.6. The molecule has 1 amide bonds. The van der Waals surface area contributed by atoms with Gasteiger partial charge < -0.3 is 19.5 Å². The first-order valence-corrected chi connectivity index (χ1v) is 11.4. The zero-order valence-electron chi connectivity index (χ0n) is 19.5. The summed E-state index contributed by atoms with van der Waals surface area (Å²) >= 11 is 0. The van der Waals surface area contributed by atoms with Gasteiger partial charge >= 0.3 is 0 Å². The van der Waals surface area contributed by atoms with Crippen molar-refractivity contribution in [2.24, 2.45) is 0 Å². The van der Waals surface area contributed by atoms with Crippen molar-refractivity contribution in [3.05, 3.63) is 48.8 Å². The van der Waals surface area contributed by atoms with Gasteiger partial charge in [0.2, 0.25) is 5.91 Å². The quantitative estimate of drug-likeness (QED) is 0.454. The standard InChI is InChI=1S/C24H25N9O2/c1-16(2)30-20-8-22(33-24-18(11-29-33)7-17(9-25)10-27-24)26-12-19(20)21-13-31(15-28-21)14-23(34)32-3-5-35-6-4-32/h7-8,10-13,15-16H,3-6,14H2,1-2H3,(H,26,30). The fraction of sp³-hybridized carbons (Fsp3) is 0.333. The minimum Gasteiger partial charge on any atom is -0.382 e. The van der Waals surface area contributed by atoms with Crippen LogP contribution in [0.5, 0.6) is 0 Å². The van der Waals surface area contributed by atoms with E-state index in [-0.39, 0.29) is 18.5 Å². The molecule has 0 unspecified atom stereocenters. The van der Waals surface area contributed by atoms with Crippen LogP contribution >= 0.6 is 0 Å². The largest absolute Gasteiger partial charge is 0.382 e. The van der Waals surface area contributed by atoms with Crippen LogP contribution in [0, 0.1) is 11.3 Å². The second kappa shape index (κ2) is 9.52. The Labute approximate surface area is 202 Å². The van der Waals surface area contributed by atoms with E-state index in [1.807, 2.05) is 17.2 Å². The summed E-state index contributed by atoms with van der Waals surface area (Å²) < 4.78 is 8.76. The van der Waals surface area contributed by atoms with Crippen LogP contribution in [0.3, 0.4) is 0 Å². The van der Waals surface area contributed by atoms with Crippen molar-refractivity contribution in [2.45, 2.75) is 26.4 Å². The number of morpholine rings is 1. The van der Waals surface area contributed by atoms with Crippen LogP contribution in [0.15, 0.2) is 43.2 Å². The Balaban J connectivity index is 1.44. The first-order valence-electron chi connectivity index (χ1n) is 11.4. The lowest BCUT2D eigenvalue weighted by molar-refractivity contribution is -0.135. The van der Waals surface area contributed by atoms with Crippen LogP contribution in [-0.4, -0.2) is 72.5 Å². The lowest BCUT2D eigenvalue weighted by Gasteiger charge is -2.26. The minimum atomic E-state index is 0.0452. The molecule has 4 aromatic heterocycles. The Kier molecular flexibility index (Phi) is 6.12. The molecule has 1 aliphatic heterocycles. The van der Waals surface area contributed by atoms with Crippen LogP contribution in [0.2, 0.25) is 0 Å². The Bertz CT molecular complexity index is 1410. The highest BCUT2D eigenvalue weighted by Gasteiger charge is 2.19. The molecule has 0 aliphatic carbocycles. The summed E-state index contributed by atoms with van der Waals surface area (Å²) in [6, 6.07) is 5.91. The third-order valence-electron chi connectivity index (χ3n) is 5.68. The van der Waals surface area contributed by atoms with Crippen molar-refractivity contribution >= 4 is 22.6 Å². The van der Waals surface area contributed by atoms with Gasteiger partial charge in [-0.25, -0.2) is 15.0 Å². The number of hydrogen-bond acceptors (Lipinski definition) is 8. The number of carbonyl (C=O) groups is 1. The predicted molar refractivity (Wildman–Crippen MR) is 129 cm³/mol. The fourth-order valence-electron chi connectivity index (χ4n) is 4.00. The monoisotopic (exact) mass is 471 g/mol. The maximum Gasteiger partial charge on any atom is 0.242 e. The highest BCUT2D eigenvalue weighted by molar-refractivity contribution is 5.80. The highest BCUT2D eigenvalue weighted by atomic mass is 16.5. The number of nitrogens with zero attached hydrogens (tertiary/aromatic N) is 8. The molecule has 0 bridgehead atoms. The molecule has 0 atom stereocenters. The van der Waals surface area contributed by atoms with E-state index in [1.54, 1.807) is 34.0 Å². The van der Waals surface area contributed by atoms with Crippen LogP contribution in [0.1, 0.15) is 19.4 Å². The van der Waals surface area contributed by atoms with E-state index in [0.717, 1.165) is 16.6 Å². The summed E-state index contributed by atoms with van der Waals surface area (Å²) in [5.41, 5.74) is 3.46. The van der Waals surface area contributed by atoms with E-state index < -0.39 is 0 Å². The summed E-state index contributed by atoms with van der Waals surface area (Å²) in [5.74, 6) is 0.634. The number of hydrogen-bond donors (Lipinski definition) is 1. The molecular formula is C24H25N9O2. The number of fused-ring (bicyclic) bond motifs is 1. The summed E-state index contributed by atoms with van der Waals surface area (Å²) in [7, 11) is 0. The molecule has 0 spiro atoms. The molecule has 11 nitrogen and oxygen atoms in total. The zero-order valence-corrected chi connectivity index (χ0v) is 19.5. The molecule has 1 N–H and O–H groups in total. The van der Waals surface area contributed by atoms with Gasteiger partial charge in [0.25, 0.3) is 0 Å². The summed E-state index contributed by atoms with van der Waals surface area (Å²) in [6.07, 6.45) is 8.45. The fourth-order valence-corrected chi connectivity index (χ4v) is 4.00. The number of pyridine rings is 2. The van der Waals surface area contributed by atoms with Crippen LogP contribution in [0.25, 0.3) is 28.1 Å². The number of aromatic nitrogens is 6. The van der Waals surface area contributed by atoms with Crippen molar-refractivity contribution in [1.29, 1.82) is 5.26 Å². The molecule has 35 heavy (non-hydrogen) atoms. The van der Waals surface area contributed by atoms with Gasteiger partial charge in [0.15, 0.2) is 11.5 Å². The van der Waals surface area contributed by atoms with Crippen molar-refractivity contribution < 1.29 is 9.53 Å². The van der Waals surface area contributed by atoms with E-state index in [2.05, 4.69) is 45.3 Å². The third-order valence-corrected chi connectivity index (χ3v) is 5.68.